The van der Waals surface area contributed by atoms with Crippen molar-refractivity contribution in [2.75, 3.05) is 6.54 Å². The monoisotopic (exact) mass is 475 g/mol. The lowest BCUT2D eigenvalue weighted by atomic mass is 9.83. The molecule has 0 saturated carbocycles. The van der Waals surface area contributed by atoms with E-state index in [2.05, 4.69) is 41.0 Å². The summed E-state index contributed by atoms with van der Waals surface area (Å²) >= 11 is 0. The number of nitrogens with zero attached hydrogens (tertiary/aromatic N) is 3. The lowest BCUT2D eigenvalue weighted by Gasteiger charge is -2.44. The summed E-state index contributed by atoms with van der Waals surface area (Å²) in [6, 6.07) is 11.5. The highest BCUT2D eigenvalue weighted by Gasteiger charge is 2.33. The van der Waals surface area contributed by atoms with Crippen LogP contribution in [0.25, 0.3) is 16.6 Å². The quantitative estimate of drug-likeness (QED) is 0.452. The second-order valence-electron chi connectivity index (χ2n) is 10.2. The van der Waals surface area contributed by atoms with E-state index in [1.54, 1.807) is 30.5 Å². The molecule has 1 fully saturated rings. The van der Waals surface area contributed by atoms with Crippen LogP contribution in [0, 0.1) is 11.7 Å². The lowest BCUT2D eigenvalue weighted by molar-refractivity contribution is 0.0435. The van der Waals surface area contributed by atoms with E-state index in [-0.39, 0.29) is 29.2 Å². The van der Waals surface area contributed by atoms with E-state index < -0.39 is 5.91 Å². The van der Waals surface area contributed by atoms with Crippen LogP contribution in [0.1, 0.15) is 55.4 Å². The number of carbonyl (C=O) groups is 1. The molecule has 4 heterocycles. The van der Waals surface area contributed by atoms with E-state index in [9.17, 15) is 14.0 Å². The first-order chi connectivity index (χ1) is 16.7. The topological polar surface area (TPSA) is 82.5 Å². The maximum atomic E-state index is 14.8. The number of rotatable bonds is 5. The minimum atomic E-state index is -0.526. The normalized spacial score (nSPS) is 18.2. The molecule has 1 aliphatic heterocycles. The molecule has 7 nitrogen and oxygen atoms in total. The maximum Gasteiger partial charge on any atom is 0.270 e. The third kappa shape index (κ3) is 4.71. The third-order valence-corrected chi connectivity index (χ3v) is 7.04. The highest BCUT2D eigenvalue weighted by atomic mass is 19.1. The number of piperidine rings is 1. The largest absolute Gasteiger partial charge is 0.357 e. The van der Waals surface area contributed by atoms with Crippen LogP contribution in [0.4, 0.5) is 4.39 Å². The van der Waals surface area contributed by atoms with E-state index >= 15 is 0 Å². The zero-order valence-corrected chi connectivity index (χ0v) is 20.3. The number of aromatic nitrogens is 3. The maximum absolute atomic E-state index is 14.8. The number of nitrogens with one attached hydrogen (secondary N) is 2. The summed E-state index contributed by atoms with van der Waals surface area (Å²) in [5.41, 5.74) is 2.39. The number of carbonyl (C=O) groups excluding carboxylic acids is 1. The number of aromatic amines is 1. The standard InChI is InChI=1S/C27H30FN5O2/c1-17-7-9-32(27(2,3)14-17)16-20-10-18-11-21(28)19(12-22(18)30-20)15-29-26(35)23-13-25(34)33-8-5-4-6-24(33)31-23/h4-6,8,10-13,17,30H,7,9,14-16H2,1-3H3,(H,29,35)/t17-/m0/s1. The average molecular weight is 476 g/mol. The number of fused-ring (bicyclic) bond motifs is 2. The molecule has 35 heavy (non-hydrogen) atoms. The molecule has 8 heteroatoms. The Labute approximate surface area is 203 Å². The molecule has 2 N–H and O–H groups in total. The van der Waals surface area contributed by atoms with Crippen molar-refractivity contribution in [3.63, 3.8) is 0 Å². The predicted octanol–water partition coefficient (Wildman–Crippen LogP) is 4.26. The molecule has 4 aromatic rings. The fourth-order valence-electron chi connectivity index (χ4n) is 5.18. The molecule has 0 unspecified atom stereocenters. The smallest absolute Gasteiger partial charge is 0.270 e. The van der Waals surface area contributed by atoms with Crippen molar-refractivity contribution in [2.45, 2.75) is 52.2 Å². The number of hydrogen-bond acceptors (Lipinski definition) is 4. The van der Waals surface area contributed by atoms with E-state index in [4.69, 9.17) is 0 Å². The Kier molecular flexibility index (Phi) is 5.92. The van der Waals surface area contributed by atoms with Crippen molar-refractivity contribution in [2.24, 2.45) is 5.92 Å². The Bertz CT molecular complexity index is 1470. The Morgan fingerprint density at radius 3 is 2.89 bits per heavy atom. The minimum Gasteiger partial charge on any atom is -0.357 e. The van der Waals surface area contributed by atoms with Crippen LogP contribution in [0.3, 0.4) is 0 Å². The van der Waals surface area contributed by atoms with Gasteiger partial charge in [0, 0.05) is 53.1 Å². The van der Waals surface area contributed by atoms with Gasteiger partial charge in [0.05, 0.1) is 0 Å². The number of benzene rings is 1. The van der Waals surface area contributed by atoms with E-state index in [1.165, 1.54) is 23.0 Å². The molecule has 3 aromatic heterocycles. The van der Waals surface area contributed by atoms with Gasteiger partial charge in [0.15, 0.2) is 0 Å². The number of amides is 1. The third-order valence-electron chi connectivity index (χ3n) is 7.04. The van der Waals surface area contributed by atoms with Crippen LogP contribution in [-0.2, 0) is 13.1 Å². The first kappa shape index (κ1) is 23.2. The molecule has 0 bridgehead atoms. The van der Waals surface area contributed by atoms with Gasteiger partial charge in [-0.05, 0) is 69.5 Å². The van der Waals surface area contributed by atoms with Gasteiger partial charge in [-0.3, -0.25) is 18.9 Å². The summed E-state index contributed by atoms with van der Waals surface area (Å²) in [6.07, 6.45) is 3.93. The molecule has 5 rings (SSSR count). The summed E-state index contributed by atoms with van der Waals surface area (Å²) in [4.78, 5) is 35.0. The Morgan fingerprint density at radius 1 is 1.26 bits per heavy atom. The Morgan fingerprint density at radius 2 is 2.09 bits per heavy atom. The summed E-state index contributed by atoms with van der Waals surface area (Å²) < 4.78 is 16.2. The van der Waals surface area contributed by atoms with Gasteiger partial charge in [0.1, 0.15) is 17.2 Å². The van der Waals surface area contributed by atoms with E-state index in [0.717, 1.165) is 42.0 Å². The van der Waals surface area contributed by atoms with Crippen LogP contribution < -0.4 is 10.9 Å². The van der Waals surface area contributed by atoms with Crippen LogP contribution in [-0.4, -0.2) is 37.3 Å². The van der Waals surface area contributed by atoms with E-state index in [0.29, 0.717) is 11.2 Å². The van der Waals surface area contributed by atoms with Crippen molar-refractivity contribution in [1.82, 2.24) is 24.6 Å². The van der Waals surface area contributed by atoms with E-state index in [1.807, 2.05) is 6.07 Å². The lowest BCUT2D eigenvalue weighted by Crippen LogP contribution is -2.48. The summed E-state index contributed by atoms with van der Waals surface area (Å²) in [7, 11) is 0. The fraction of sp³-hybridized carbons (Fsp3) is 0.370. The highest BCUT2D eigenvalue weighted by molar-refractivity contribution is 5.92. The van der Waals surface area contributed by atoms with Crippen LogP contribution in [0.5, 0.6) is 0 Å². The highest BCUT2D eigenvalue weighted by Crippen LogP contribution is 2.32. The van der Waals surface area contributed by atoms with Crippen LogP contribution >= 0.6 is 0 Å². The SMILES string of the molecule is C[C@H]1CCN(Cc2cc3cc(F)c(CNC(=O)c4cc(=O)n5ccccc5n4)cc3[nH]2)C(C)(C)C1. The Balaban J connectivity index is 1.32. The van der Waals surface area contributed by atoms with Gasteiger partial charge >= 0.3 is 0 Å². The summed E-state index contributed by atoms with van der Waals surface area (Å²) in [5, 5.41) is 3.49. The van der Waals surface area contributed by atoms with Gasteiger partial charge in [0.25, 0.3) is 11.5 Å². The molecule has 0 radical (unpaired) electrons. The summed E-state index contributed by atoms with van der Waals surface area (Å²) in [5.74, 6) is -0.191. The second kappa shape index (κ2) is 8.92. The van der Waals surface area contributed by atoms with Crippen molar-refractivity contribution in [3.05, 3.63) is 81.8 Å². The number of pyridine rings is 1. The van der Waals surface area contributed by atoms with Crippen molar-refractivity contribution in [1.29, 1.82) is 0 Å². The molecule has 1 aliphatic rings. The van der Waals surface area contributed by atoms with Crippen molar-refractivity contribution >= 4 is 22.5 Å². The minimum absolute atomic E-state index is 0.00307. The Hall–Kier alpha value is -3.52. The molecule has 182 valence electrons. The molecule has 0 spiro atoms. The van der Waals surface area contributed by atoms with Gasteiger partial charge in [-0.15, -0.1) is 0 Å². The van der Waals surface area contributed by atoms with Crippen LogP contribution in [0.15, 0.2) is 53.5 Å². The first-order valence-corrected chi connectivity index (χ1v) is 12.0. The molecule has 1 atom stereocenters. The molecule has 1 aromatic carbocycles. The fourth-order valence-corrected chi connectivity index (χ4v) is 5.18. The predicted molar refractivity (Wildman–Crippen MR) is 134 cm³/mol. The molecule has 1 amide bonds. The van der Waals surface area contributed by atoms with Gasteiger partial charge in [0.2, 0.25) is 0 Å². The second-order valence-corrected chi connectivity index (χ2v) is 10.2. The molecular formula is C27H30FN5O2. The molecular weight excluding hydrogens is 445 g/mol. The van der Waals surface area contributed by atoms with Gasteiger partial charge in [-0.1, -0.05) is 13.0 Å². The molecule has 1 saturated heterocycles. The average Bonchev–Trinajstić information content (AvgIpc) is 3.19. The van der Waals surface area contributed by atoms with Crippen LogP contribution in [0.2, 0.25) is 0 Å². The first-order valence-electron chi connectivity index (χ1n) is 12.0. The summed E-state index contributed by atoms with van der Waals surface area (Å²) in [6.45, 7) is 8.68. The number of H-pyrrole nitrogens is 1. The van der Waals surface area contributed by atoms with Crippen molar-refractivity contribution < 1.29 is 9.18 Å². The zero-order chi connectivity index (χ0) is 24.7. The number of halogens is 1. The molecule has 0 aliphatic carbocycles. The van der Waals surface area contributed by atoms with Gasteiger partial charge < -0.3 is 10.3 Å². The zero-order valence-electron chi connectivity index (χ0n) is 20.3. The number of hydrogen-bond donors (Lipinski definition) is 2. The van der Waals surface area contributed by atoms with Crippen molar-refractivity contribution in [3.8, 4) is 0 Å². The number of likely N-dealkylation sites (tertiary alicyclic amines) is 1. The van der Waals surface area contributed by atoms with Gasteiger partial charge in [-0.2, -0.15) is 0 Å². The van der Waals surface area contributed by atoms with Gasteiger partial charge in [-0.25, -0.2) is 9.37 Å².